The Morgan fingerprint density at radius 3 is 2.88 bits per heavy atom. The Balaban J connectivity index is 1.92. The van der Waals surface area contributed by atoms with E-state index in [4.69, 9.17) is 5.73 Å². The van der Waals surface area contributed by atoms with Crippen molar-refractivity contribution in [3.05, 3.63) is 63.9 Å². The second-order valence-electron chi connectivity index (χ2n) is 5.49. The third kappa shape index (κ3) is 3.62. The molecule has 9 heteroatoms. The van der Waals surface area contributed by atoms with Gasteiger partial charge in [0, 0.05) is 21.9 Å². The molecule has 2 aromatic heterocycles. The van der Waals surface area contributed by atoms with E-state index in [0.29, 0.717) is 22.3 Å². The van der Waals surface area contributed by atoms with Crippen molar-refractivity contribution in [2.45, 2.75) is 6.92 Å². The maximum absolute atomic E-state index is 12.7. The molecule has 0 unspecified atom stereocenters. The number of anilines is 1. The lowest BCUT2D eigenvalue weighted by Gasteiger charge is -2.10. The van der Waals surface area contributed by atoms with E-state index in [9.17, 15) is 4.79 Å². The fourth-order valence-electron chi connectivity index (χ4n) is 2.39. The number of carbonyl (C=O) groups excluding carboxylic acids is 1. The molecule has 3 N–H and O–H groups in total. The molecular formula is C17H16BrN7O. The summed E-state index contributed by atoms with van der Waals surface area (Å²) >= 11 is 3.41. The van der Waals surface area contributed by atoms with Gasteiger partial charge in [0.2, 0.25) is 0 Å². The number of halogens is 1. The molecule has 0 saturated heterocycles. The van der Waals surface area contributed by atoms with Gasteiger partial charge in [0.05, 0.1) is 24.3 Å². The van der Waals surface area contributed by atoms with Gasteiger partial charge >= 0.3 is 0 Å². The summed E-state index contributed by atoms with van der Waals surface area (Å²) in [6, 6.07) is 9.10. The van der Waals surface area contributed by atoms with Crippen molar-refractivity contribution in [2.75, 3.05) is 12.4 Å². The van der Waals surface area contributed by atoms with E-state index in [1.807, 2.05) is 25.1 Å². The number of pyridine rings is 1. The van der Waals surface area contributed by atoms with Crippen molar-refractivity contribution in [1.29, 1.82) is 0 Å². The molecule has 0 radical (unpaired) electrons. The summed E-state index contributed by atoms with van der Waals surface area (Å²) in [4.78, 5) is 12.7. The zero-order valence-corrected chi connectivity index (χ0v) is 15.7. The molecular weight excluding hydrogens is 398 g/mol. The van der Waals surface area contributed by atoms with Crippen molar-refractivity contribution in [1.82, 2.24) is 9.61 Å². The smallest absolute Gasteiger partial charge is 0.259 e. The van der Waals surface area contributed by atoms with E-state index in [0.717, 1.165) is 10.0 Å². The van der Waals surface area contributed by atoms with Crippen LogP contribution in [-0.2, 0) is 0 Å². The number of hydrogen-bond donors (Lipinski definition) is 2. The molecule has 8 nitrogen and oxygen atoms in total. The molecule has 0 atom stereocenters. The molecule has 132 valence electrons. The number of rotatable bonds is 4. The molecule has 0 aliphatic heterocycles. The summed E-state index contributed by atoms with van der Waals surface area (Å²) in [5.74, 6) is -0.0480. The van der Waals surface area contributed by atoms with E-state index in [2.05, 4.69) is 41.8 Å². The molecule has 2 heterocycles. The van der Waals surface area contributed by atoms with Crippen molar-refractivity contribution in [3.63, 3.8) is 0 Å². The first-order valence-electron chi connectivity index (χ1n) is 7.67. The number of fused-ring (bicyclic) bond motifs is 1. The number of amidine groups is 1. The van der Waals surface area contributed by atoms with Crippen molar-refractivity contribution in [3.8, 4) is 0 Å². The quantitative estimate of drug-likeness (QED) is 0.296. The third-order valence-corrected chi connectivity index (χ3v) is 4.24. The largest absolute Gasteiger partial charge is 0.382 e. The van der Waals surface area contributed by atoms with Gasteiger partial charge in [0.25, 0.3) is 5.91 Å². The van der Waals surface area contributed by atoms with Crippen molar-refractivity contribution in [2.24, 2.45) is 21.2 Å². The summed E-state index contributed by atoms with van der Waals surface area (Å²) in [7, 11) is 1.51. The lowest BCUT2D eigenvalue weighted by atomic mass is 10.1. The van der Waals surface area contributed by atoms with Crippen LogP contribution in [0.2, 0.25) is 0 Å². The van der Waals surface area contributed by atoms with E-state index < -0.39 is 0 Å². The van der Waals surface area contributed by atoms with Crippen LogP contribution in [0.4, 0.5) is 5.69 Å². The van der Waals surface area contributed by atoms with Crippen LogP contribution in [0, 0.1) is 6.92 Å². The summed E-state index contributed by atoms with van der Waals surface area (Å²) in [5.41, 5.74) is 9.22. The Morgan fingerprint density at radius 2 is 2.12 bits per heavy atom. The summed E-state index contributed by atoms with van der Waals surface area (Å²) in [6.07, 6.45) is 3.31. The van der Waals surface area contributed by atoms with E-state index in [-0.39, 0.29) is 11.7 Å². The maximum Gasteiger partial charge on any atom is 0.259 e. The topological polar surface area (TPSA) is 109 Å². The average molecular weight is 414 g/mol. The van der Waals surface area contributed by atoms with Crippen LogP contribution in [0.25, 0.3) is 5.52 Å². The van der Waals surface area contributed by atoms with Crippen LogP contribution in [0.1, 0.15) is 21.5 Å². The highest BCUT2D eigenvalue weighted by atomic mass is 79.9. The Bertz CT molecular complexity index is 1040. The molecule has 0 aliphatic rings. The van der Waals surface area contributed by atoms with Gasteiger partial charge in [-0.1, -0.05) is 28.1 Å². The molecule has 1 amide bonds. The highest BCUT2D eigenvalue weighted by Gasteiger charge is 2.15. The minimum absolute atomic E-state index is 0.214. The maximum atomic E-state index is 12.7. The third-order valence-electron chi connectivity index (χ3n) is 3.75. The molecule has 0 fully saturated rings. The molecule has 0 saturated carbocycles. The van der Waals surface area contributed by atoms with Gasteiger partial charge in [-0.2, -0.15) is 10.2 Å². The summed E-state index contributed by atoms with van der Waals surface area (Å²) in [6.45, 7) is 1.89. The summed E-state index contributed by atoms with van der Waals surface area (Å²) in [5, 5.41) is 17.9. The van der Waals surface area contributed by atoms with Crippen LogP contribution in [0.3, 0.4) is 0 Å². The number of benzene rings is 1. The first kappa shape index (κ1) is 17.7. The zero-order chi connectivity index (χ0) is 18.7. The molecule has 3 aromatic rings. The predicted octanol–water partition coefficient (Wildman–Crippen LogP) is 3.36. The highest BCUT2D eigenvalue weighted by molar-refractivity contribution is 9.10. The average Bonchev–Trinajstić information content (AvgIpc) is 3.04. The van der Waals surface area contributed by atoms with E-state index in [1.54, 1.807) is 22.8 Å². The molecule has 0 aliphatic carbocycles. The number of aryl methyl sites for hydroxylation is 1. The molecule has 1 aromatic carbocycles. The van der Waals surface area contributed by atoms with Crippen LogP contribution >= 0.6 is 15.9 Å². The van der Waals surface area contributed by atoms with Crippen LogP contribution in [-0.4, -0.2) is 28.4 Å². The molecule has 26 heavy (non-hydrogen) atoms. The lowest BCUT2D eigenvalue weighted by Crippen LogP contribution is -2.16. The minimum Gasteiger partial charge on any atom is -0.382 e. The van der Waals surface area contributed by atoms with Gasteiger partial charge in [0.1, 0.15) is 0 Å². The minimum atomic E-state index is -0.262. The Kier molecular flexibility index (Phi) is 5.08. The van der Waals surface area contributed by atoms with Crippen LogP contribution in [0.5, 0.6) is 0 Å². The molecule has 0 spiro atoms. The second kappa shape index (κ2) is 7.44. The van der Waals surface area contributed by atoms with Crippen molar-refractivity contribution >= 4 is 38.9 Å². The van der Waals surface area contributed by atoms with Gasteiger partial charge in [-0.3, -0.25) is 4.79 Å². The van der Waals surface area contributed by atoms with Gasteiger partial charge in [-0.05, 0) is 35.9 Å². The SMILES string of the molecule is CN=N/N=C(\N)c1ccc(C)c(NC(=O)c2cnn3ccc(Br)cc23)c1. The number of hydrogen-bond acceptors (Lipinski definition) is 4. The second-order valence-corrected chi connectivity index (χ2v) is 6.41. The Hall–Kier alpha value is -3.07. The predicted molar refractivity (Wildman–Crippen MR) is 104 cm³/mol. The zero-order valence-electron chi connectivity index (χ0n) is 14.1. The fourth-order valence-corrected chi connectivity index (χ4v) is 2.72. The molecule has 3 rings (SSSR count). The van der Waals surface area contributed by atoms with Gasteiger partial charge in [-0.25, -0.2) is 4.52 Å². The van der Waals surface area contributed by atoms with Gasteiger partial charge in [-0.15, -0.1) is 5.10 Å². The lowest BCUT2D eigenvalue weighted by molar-refractivity contribution is 0.102. The Labute approximate surface area is 157 Å². The van der Waals surface area contributed by atoms with Crippen LogP contribution < -0.4 is 11.1 Å². The first-order valence-corrected chi connectivity index (χ1v) is 8.46. The van der Waals surface area contributed by atoms with Gasteiger partial charge in [0.15, 0.2) is 5.84 Å². The standard InChI is InChI=1S/C17H16BrN7O/c1-10-3-4-11(16(19)23-24-20-2)7-14(10)22-17(26)13-9-21-25-6-5-12(18)8-15(13)25/h3-9H,1-2H3,(H,22,26)(H2,19,20,23). The number of amides is 1. The van der Waals surface area contributed by atoms with Crippen molar-refractivity contribution < 1.29 is 4.79 Å². The first-order chi connectivity index (χ1) is 12.5. The van der Waals surface area contributed by atoms with E-state index >= 15 is 0 Å². The van der Waals surface area contributed by atoms with Crippen LogP contribution in [0.15, 0.2) is 62.6 Å². The fraction of sp³-hybridized carbons (Fsp3) is 0.118. The normalized spacial score (nSPS) is 12.0. The number of aromatic nitrogens is 2. The van der Waals surface area contributed by atoms with Gasteiger partial charge < -0.3 is 11.1 Å². The monoisotopic (exact) mass is 413 g/mol. The number of nitrogens with zero attached hydrogens (tertiary/aromatic N) is 5. The number of carbonyl (C=O) groups is 1. The molecule has 0 bridgehead atoms. The number of nitrogens with one attached hydrogen (secondary N) is 1. The highest BCUT2D eigenvalue weighted by Crippen LogP contribution is 2.21. The Morgan fingerprint density at radius 1 is 1.31 bits per heavy atom. The summed E-state index contributed by atoms with van der Waals surface area (Å²) < 4.78 is 2.51. The number of nitrogens with two attached hydrogens (primary N) is 1. The van der Waals surface area contributed by atoms with E-state index in [1.165, 1.54) is 13.2 Å².